The van der Waals surface area contributed by atoms with Gasteiger partial charge in [0.15, 0.2) is 0 Å². The van der Waals surface area contributed by atoms with Crippen molar-refractivity contribution in [3.05, 3.63) is 113 Å². The van der Waals surface area contributed by atoms with Crippen molar-refractivity contribution in [2.24, 2.45) is 0 Å². The lowest BCUT2D eigenvalue weighted by Gasteiger charge is -2.04. The van der Waals surface area contributed by atoms with Crippen LogP contribution in [0.3, 0.4) is 0 Å². The maximum atomic E-state index is 12.7. The fourth-order valence-corrected chi connectivity index (χ4v) is 3.32. The van der Waals surface area contributed by atoms with Crippen LogP contribution in [-0.2, 0) is 11.3 Å². The predicted molar refractivity (Wildman–Crippen MR) is 126 cm³/mol. The van der Waals surface area contributed by atoms with Crippen LogP contribution in [0.1, 0.15) is 16.7 Å². The van der Waals surface area contributed by atoms with Crippen LogP contribution in [0.15, 0.2) is 96.7 Å². The Morgan fingerprint density at radius 2 is 1.66 bits per heavy atom. The summed E-state index contributed by atoms with van der Waals surface area (Å²) in [5.74, 6) is -0.418. The number of carbonyl (C=O) groups excluding carboxylic acids is 1. The number of benzene rings is 3. The van der Waals surface area contributed by atoms with Crippen LogP contribution in [0.25, 0.3) is 23.0 Å². The van der Waals surface area contributed by atoms with Gasteiger partial charge in [-0.2, -0.15) is 10.4 Å². The zero-order valence-electron chi connectivity index (χ0n) is 17.7. The number of nitrogens with zero attached hydrogens (tertiary/aromatic N) is 3. The van der Waals surface area contributed by atoms with Crippen molar-refractivity contribution in [3.63, 3.8) is 0 Å². The quantitative estimate of drug-likeness (QED) is 0.351. The number of carbonyl (C=O) groups is 1. The first-order chi connectivity index (χ1) is 15.6. The van der Waals surface area contributed by atoms with Gasteiger partial charge in [0, 0.05) is 23.9 Å². The molecule has 5 nitrogen and oxygen atoms in total. The fourth-order valence-electron chi connectivity index (χ4n) is 3.32. The molecule has 0 aliphatic rings. The fraction of sp³-hybridized carbons (Fsp3) is 0.0741. The van der Waals surface area contributed by atoms with Gasteiger partial charge in [0.05, 0.1) is 11.4 Å². The Hall–Kier alpha value is -4.43. The Morgan fingerprint density at radius 1 is 1.00 bits per heavy atom. The summed E-state index contributed by atoms with van der Waals surface area (Å²) in [5, 5.41) is 17.2. The summed E-state index contributed by atoms with van der Waals surface area (Å²) in [6.07, 6.45) is 3.44. The summed E-state index contributed by atoms with van der Waals surface area (Å²) in [4.78, 5) is 12.7. The average molecular weight is 419 g/mol. The number of rotatable bonds is 6. The molecule has 0 atom stereocenters. The zero-order chi connectivity index (χ0) is 22.3. The molecule has 0 unspecified atom stereocenters. The number of nitriles is 1. The molecule has 1 aromatic heterocycles. The van der Waals surface area contributed by atoms with Crippen LogP contribution >= 0.6 is 0 Å². The molecule has 0 aliphatic heterocycles. The lowest BCUT2D eigenvalue weighted by Crippen LogP contribution is -2.23. The van der Waals surface area contributed by atoms with E-state index in [0.29, 0.717) is 17.8 Å². The molecule has 0 bridgehead atoms. The summed E-state index contributed by atoms with van der Waals surface area (Å²) in [6, 6.07) is 29.4. The third-order valence-corrected chi connectivity index (χ3v) is 5.05. The first kappa shape index (κ1) is 20.8. The summed E-state index contributed by atoms with van der Waals surface area (Å²) in [6.45, 7) is 2.38. The van der Waals surface area contributed by atoms with Gasteiger partial charge in [0.2, 0.25) is 0 Å². The maximum Gasteiger partial charge on any atom is 0.262 e. The molecule has 0 spiro atoms. The van der Waals surface area contributed by atoms with Crippen LogP contribution in [0.2, 0.25) is 0 Å². The Morgan fingerprint density at radius 3 is 2.31 bits per heavy atom. The molecular weight excluding hydrogens is 396 g/mol. The van der Waals surface area contributed by atoms with Crippen molar-refractivity contribution < 1.29 is 4.79 Å². The van der Waals surface area contributed by atoms with Gasteiger partial charge in [0.1, 0.15) is 11.6 Å². The van der Waals surface area contributed by atoms with Crippen molar-refractivity contribution in [3.8, 4) is 23.0 Å². The van der Waals surface area contributed by atoms with E-state index in [1.165, 1.54) is 0 Å². The Labute approximate surface area is 187 Å². The van der Waals surface area contributed by atoms with Crippen molar-refractivity contribution in [1.29, 1.82) is 5.26 Å². The van der Waals surface area contributed by atoms with Gasteiger partial charge in [-0.05, 0) is 30.7 Å². The molecule has 32 heavy (non-hydrogen) atoms. The van der Waals surface area contributed by atoms with Gasteiger partial charge in [0.25, 0.3) is 5.91 Å². The van der Waals surface area contributed by atoms with Crippen molar-refractivity contribution >= 4 is 12.0 Å². The van der Waals surface area contributed by atoms with Crippen LogP contribution in [-0.4, -0.2) is 15.7 Å². The normalized spacial score (nSPS) is 11.1. The highest BCUT2D eigenvalue weighted by Gasteiger charge is 2.15. The first-order valence-corrected chi connectivity index (χ1v) is 10.3. The Bertz CT molecular complexity index is 1280. The van der Waals surface area contributed by atoms with E-state index in [9.17, 15) is 10.1 Å². The first-order valence-electron chi connectivity index (χ1n) is 10.3. The molecular formula is C27H22N4O. The molecule has 0 fully saturated rings. The van der Waals surface area contributed by atoms with E-state index >= 15 is 0 Å². The van der Waals surface area contributed by atoms with Gasteiger partial charge >= 0.3 is 0 Å². The molecule has 4 rings (SSSR count). The average Bonchev–Trinajstić information content (AvgIpc) is 3.26. The Kier molecular flexibility index (Phi) is 6.24. The third kappa shape index (κ3) is 4.82. The molecule has 0 saturated heterocycles. The zero-order valence-corrected chi connectivity index (χ0v) is 17.7. The topological polar surface area (TPSA) is 70.7 Å². The van der Waals surface area contributed by atoms with Gasteiger partial charge in [-0.25, -0.2) is 4.68 Å². The molecule has 1 amide bonds. The summed E-state index contributed by atoms with van der Waals surface area (Å²) >= 11 is 0. The molecule has 1 heterocycles. The largest absolute Gasteiger partial charge is 0.347 e. The van der Waals surface area contributed by atoms with Gasteiger partial charge in [-0.3, -0.25) is 4.79 Å². The SMILES string of the molecule is Cc1ccc(-c2nn(-c3ccccc3)cc2/C=C(/C#N)C(=O)NCc2ccccc2)cc1. The minimum atomic E-state index is -0.418. The Balaban J connectivity index is 1.69. The van der Waals surface area contributed by atoms with E-state index < -0.39 is 5.91 Å². The third-order valence-electron chi connectivity index (χ3n) is 5.05. The van der Waals surface area contributed by atoms with Crippen LogP contribution in [0.5, 0.6) is 0 Å². The van der Waals surface area contributed by atoms with E-state index in [2.05, 4.69) is 5.32 Å². The molecule has 0 aliphatic carbocycles. The van der Waals surface area contributed by atoms with Gasteiger partial charge in [-0.15, -0.1) is 0 Å². The number of nitrogens with one attached hydrogen (secondary N) is 1. The lowest BCUT2D eigenvalue weighted by atomic mass is 10.0. The second-order valence-electron chi connectivity index (χ2n) is 7.42. The molecule has 0 saturated carbocycles. The van der Waals surface area contributed by atoms with Crippen LogP contribution in [0, 0.1) is 18.3 Å². The van der Waals surface area contributed by atoms with Crippen molar-refractivity contribution in [2.75, 3.05) is 0 Å². The van der Waals surface area contributed by atoms with Gasteiger partial charge < -0.3 is 5.32 Å². The van der Waals surface area contributed by atoms with Crippen molar-refractivity contribution in [1.82, 2.24) is 15.1 Å². The van der Waals surface area contributed by atoms with Crippen molar-refractivity contribution in [2.45, 2.75) is 13.5 Å². The highest BCUT2D eigenvalue weighted by molar-refractivity contribution is 6.02. The lowest BCUT2D eigenvalue weighted by molar-refractivity contribution is -0.117. The van der Waals surface area contributed by atoms with E-state index in [4.69, 9.17) is 5.10 Å². The minimum absolute atomic E-state index is 0.0295. The highest BCUT2D eigenvalue weighted by atomic mass is 16.1. The summed E-state index contributed by atoms with van der Waals surface area (Å²) < 4.78 is 1.76. The van der Waals surface area contributed by atoms with E-state index in [-0.39, 0.29) is 5.57 Å². The van der Waals surface area contributed by atoms with Crippen LogP contribution in [0.4, 0.5) is 0 Å². The second kappa shape index (κ2) is 9.59. The number of hydrogen-bond acceptors (Lipinski definition) is 3. The number of amides is 1. The molecule has 5 heteroatoms. The number of aryl methyl sites for hydroxylation is 1. The minimum Gasteiger partial charge on any atom is -0.347 e. The summed E-state index contributed by atoms with van der Waals surface area (Å²) in [5.41, 5.74) is 5.36. The number of hydrogen-bond donors (Lipinski definition) is 1. The second-order valence-corrected chi connectivity index (χ2v) is 7.42. The monoisotopic (exact) mass is 418 g/mol. The highest BCUT2D eigenvalue weighted by Crippen LogP contribution is 2.26. The molecule has 156 valence electrons. The van der Waals surface area contributed by atoms with Crippen LogP contribution < -0.4 is 5.32 Å². The molecule has 4 aromatic rings. The van der Waals surface area contributed by atoms with Gasteiger partial charge in [-0.1, -0.05) is 78.4 Å². The van der Waals surface area contributed by atoms with E-state index in [1.54, 1.807) is 10.8 Å². The predicted octanol–water partition coefficient (Wildman–Crippen LogP) is 5.07. The molecule has 0 radical (unpaired) electrons. The smallest absolute Gasteiger partial charge is 0.262 e. The van der Waals surface area contributed by atoms with E-state index in [0.717, 1.165) is 22.4 Å². The van der Waals surface area contributed by atoms with E-state index in [1.807, 2.05) is 104 Å². The summed E-state index contributed by atoms with van der Waals surface area (Å²) in [7, 11) is 0. The number of para-hydroxylation sites is 1. The maximum absolute atomic E-state index is 12.7. The standard InChI is InChI=1S/C27H22N4O/c1-20-12-14-22(15-13-20)26-24(19-31(30-26)25-10-6-3-7-11-25)16-23(17-28)27(32)29-18-21-8-4-2-5-9-21/h2-16,19H,18H2,1H3,(H,29,32)/b23-16-. The number of aromatic nitrogens is 2. The molecule has 1 N–H and O–H groups in total. The molecule has 3 aromatic carbocycles.